The maximum Gasteiger partial charge on any atom is 0.472 e. The van der Waals surface area contributed by atoms with Gasteiger partial charge in [0.2, 0.25) is 0 Å². The Morgan fingerprint density at radius 2 is 0.485 bits per heavy atom. The van der Waals surface area contributed by atoms with E-state index >= 15 is 0 Å². The molecule has 3 unspecified atom stereocenters. The molecule has 588 valence electrons. The van der Waals surface area contributed by atoms with Crippen molar-refractivity contribution in [2.24, 2.45) is 23.7 Å². The Balaban J connectivity index is 5.27. The molecule has 0 rings (SSSR count). The van der Waals surface area contributed by atoms with Crippen LogP contribution in [0.15, 0.2) is 0 Å². The zero-order valence-corrected chi connectivity index (χ0v) is 66.9. The van der Waals surface area contributed by atoms with Gasteiger partial charge in [-0.05, 0) is 49.4 Å². The van der Waals surface area contributed by atoms with Crippen LogP contribution in [-0.4, -0.2) is 96.7 Å². The van der Waals surface area contributed by atoms with Gasteiger partial charge in [0.05, 0.1) is 26.4 Å². The van der Waals surface area contributed by atoms with Crippen LogP contribution in [0.25, 0.3) is 0 Å². The summed E-state index contributed by atoms with van der Waals surface area (Å²) in [6, 6.07) is 0. The van der Waals surface area contributed by atoms with Crippen LogP contribution in [-0.2, 0) is 65.4 Å². The van der Waals surface area contributed by atoms with E-state index in [1.165, 1.54) is 212 Å². The molecule has 0 saturated carbocycles. The van der Waals surface area contributed by atoms with Crippen LogP contribution in [0.4, 0.5) is 0 Å². The zero-order valence-electron chi connectivity index (χ0n) is 65.1. The maximum absolute atomic E-state index is 13.1. The third-order valence-electron chi connectivity index (χ3n) is 18.9. The molecule has 17 nitrogen and oxygen atoms in total. The number of hydrogen-bond acceptors (Lipinski definition) is 15. The largest absolute Gasteiger partial charge is 0.472 e. The monoisotopic (exact) mass is 1450 g/mol. The van der Waals surface area contributed by atoms with Crippen molar-refractivity contribution in [3.05, 3.63) is 0 Å². The van der Waals surface area contributed by atoms with Crippen molar-refractivity contribution < 1.29 is 80.2 Å². The standard InChI is InChI=1S/C80H156O17P2/c1-9-73(8)59-51-43-35-27-19-12-10-11-13-21-29-38-46-54-62-79(84)96-75(66-90-77(82)60-52-44-36-28-20-15-14-17-24-32-40-48-56-70(2)3)68-94-98(86,87)92-64-74(81)65-93-99(88,89)95-69-76(67-91-78(83)61-53-45-37-31-23-26-34-42-50-58-72(6)7)97-80(85)63-55-47-39-30-22-16-18-25-33-41-49-57-71(4)5/h70-76,81H,9-69H2,1-8H3,(H,86,87)(H,88,89)/t73?,74-,75-,76-/m1/s1. The summed E-state index contributed by atoms with van der Waals surface area (Å²) in [7, 11) is -9.92. The molecular formula is C80H156O17P2. The lowest BCUT2D eigenvalue weighted by Crippen LogP contribution is -2.30. The van der Waals surface area contributed by atoms with Gasteiger partial charge in [0.1, 0.15) is 19.3 Å². The van der Waals surface area contributed by atoms with Crippen molar-refractivity contribution >= 4 is 39.5 Å². The highest BCUT2D eigenvalue weighted by Crippen LogP contribution is 2.45. The summed E-state index contributed by atoms with van der Waals surface area (Å²) in [5.41, 5.74) is 0. The first-order valence-electron chi connectivity index (χ1n) is 41.2. The molecule has 0 aromatic rings. The Bertz CT molecular complexity index is 1940. The number of unbranched alkanes of at least 4 members (excludes halogenated alkanes) is 42. The highest BCUT2D eigenvalue weighted by molar-refractivity contribution is 7.47. The van der Waals surface area contributed by atoms with Gasteiger partial charge in [-0.1, -0.05) is 357 Å². The van der Waals surface area contributed by atoms with Crippen LogP contribution in [0.1, 0.15) is 409 Å². The first-order valence-corrected chi connectivity index (χ1v) is 44.2. The summed E-state index contributed by atoms with van der Waals surface area (Å²) in [6.45, 7) is 14.3. The minimum atomic E-state index is -4.96. The van der Waals surface area contributed by atoms with E-state index in [0.717, 1.165) is 114 Å². The molecule has 0 spiro atoms. The second-order valence-electron chi connectivity index (χ2n) is 30.5. The summed E-state index contributed by atoms with van der Waals surface area (Å²) < 4.78 is 68.7. The van der Waals surface area contributed by atoms with Gasteiger partial charge in [-0.2, -0.15) is 0 Å². The predicted molar refractivity (Wildman–Crippen MR) is 404 cm³/mol. The van der Waals surface area contributed by atoms with E-state index in [0.29, 0.717) is 25.7 Å². The summed E-state index contributed by atoms with van der Waals surface area (Å²) in [4.78, 5) is 73.0. The van der Waals surface area contributed by atoms with Crippen molar-refractivity contribution in [1.82, 2.24) is 0 Å². The van der Waals surface area contributed by atoms with Crippen molar-refractivity contribution in [1.29, 1.82) is 0 Å². The topological polar surface area (TPSA) is 237 Å². The molecule has 99 heavy (non-hydrogen) atoms. The number of rotatable bonds is 77. The van der Waals surface area contributed by atoms with Crippen molar-refractivity contribution in [3.8, 4) is 0 Å². The molecule has 0 aliphatic carbocycles. The average Bonchev–Trinajstić information content (AvgIpc) is 0.996. The molecule has 19 heteroatoms. The van der Waals surface area contributed by atoms with E-state index in [9.17, 15) is 43.2 Å². The van der Waals surface area contributed by atoms with Gasteiger partial charge in [-0.3, -0.25) is 37.3 Å². The van der Waals surface area contributed by atoms with Gasteiger partial charge >= 0.3 is 39.5 Å². The average molecular weight is 1450 g/mol. The molecule has 0 fully saturated rings. The number of hydrogen-bond donors (Lipinski definition) is 3. The lowest BCUT2D eigenvalue weighted by molar-refractivity contribution is -0.161. The predicted octanol–water partition coefficient (Wildman–Crippen LogP) is 23.6. The summed E-state index contributed by atoms with van der Waals surface area (Å²) in [6.07, 6.45) is 55.3. The molecule has 0 amide bonds. The number of aliphatic hydroxyl groups is 1. The number of esters is 4. The molecule has 0 radical (unpaired) electrons. The molecule has 0 aliphatic rings. The number of carbonyl (C=O) groups is 4. The maximum atomic E-state index is 13.1. The van der Waals surface area contributed by atoms with E-state index in [4.69, 9.17) is 37.0 Å². The zero-order chi connectivity index (χ0) is 73.1. The Morgan fingerprint density at radius 3 is 0.717 bits per heavy atom. The van der Waals surface area contributed by atoms with E-state index in [1.807, 2.05) is 0 Å². The van der Waals surface area contributed by atoms with Crippen LogP contribution < -0.4 is 0 Å². The molecule has 0 aromatic heterocycles. The minimum Gasteiger partial charge on any atom is -0.462 e. The molecule has 6 atom stereocenters. The number of ether oxygens (including phenoxy) is 4. The Labute approximate surface area is 607 Å². The Kier molecular flexibility index (Phi) is 67.8. The summed E-state index contributed by atoms with van der Waals surface area (Å²) in [5, 5.41) is 10.6. The molecule has 0 aliphatic heterocycles. The summed E-state index contributed by atoms with van der Waals surface area (Å²) in [5.74, 6) is 1.02. The SMILES string of the molecule is CCC(C)CCCCCCCCCCCCCCCCC(=O)O[C@H](COC(=O)CCCCCCCCCCCCCCC(C)C)COP(=O)(O)OC[C@@H](O)COP(=O)(O)OC[C@@H](COC(=O)CCCCCCCCCCCC(C)C)OC(=O)CCCCCCCCCCCCCC(C)C. The molecule has 0 heterocycles. The van der Waals surface area contributed by atoms with Gasteiger partial charge in [-0.15, -0.1) is 0 Å². The number of phosphoric ester groups is 2. The third kappa shape index (κ3) is 72.8. The van der Waals surface area contributed by atoms with Crippen molar-refractivity contribution in [3.63, 3.8) is 0 Å². The molecule has 0 bridgehead atoms. The first kappa shape index (κ1) is 97.1. The smallest absolute Gasteiger partial charge is 0.462 e. The molecular weight excluding hydrogens is 1290 g/mol. The van der Waals surface area contributed by atoms with Crippen LogP contribution in [0.3, 0.4) is 0 Å². The summed E-state index contributed by atoms with van der Waals surface area (Å²) >= 11 is 0. The highest BCUT2D eigenvalue weighted by atomic mass is 31.2. The van der Waals surface area contributed by atoms with Crippen molar-refractivity contribution in [2.45, 2.75) is 427 Å². The van der Waals surface area contributed by atoms with Gasteiger partial charge in [0.25, 0.3) is 0 Å². The van der Waals surface area contributed by atoms with E-state index < -0.39 is 97.5 Å². The van der Waals surface area contributed by atoms with Crippen LogP contribution in [0.5, 0.6) is 0 Å². The lowest BCUT2D eigenvalue weighted by atomic mass is 9.99. The fraction of sp³-hybridized carbons (Fsp3) is 0.950. The van der Waals surface area contributed by atoms with Gasteiger partial charge in [0.15, 0.2) is 12.2 Å². The van der Waals surface area contributed by atoms with Crippen LogP contribution in [0, 0.1) is 23.7 Å². The van der Waals surface area contributed by atoms with E-state index in [-0.39, 0.29) is 25.7 Å². The lowest BCUT2D eigenvalue weighted by Gasteiger charge is -2.21. The molecule has 3 N–H and O–H groups in total. The highest BCUT2D eigenvalue weighted by Gasteiger charge is 2.30. The third-order valence-corrected chi connectivity index (χ3v) is 20.8. The van der Waals surface area contributed by atoms with Gasteiger partial charge < -0.3 is 33.8 Å². The second-order valence-corrected chi connectivity index (χ2v) is 33.4. The van der Waals surface area contributed by atoms with Crippen LogP contribution in [0.2, 0.25) is 0 Å². The molecule has 0 aromatic carbocycles. The Morgan fingerprint density at radius 1 is 0.283 bits per heavy atom. The normalized spacial score (nSPS) is 14.3. The minimum absolute atomic E-state index is 0.106. The molecule has 0 saturated heterocycles. The number of carbonyl (C=O) groups excluding carboxylic acids is 4. The first-order chi connectivity index (χ1) is 47.6. The van der Waals surface area contributed by atoms with Crippen molar-refractivity contribution in [2.75, 3.05) is 39.6 Å². The van der Waals surface area contributed by atoms with Gasteiger partial charge in [0, 0.05) is 25.7 Å². The quantitative estimate of drug-likeness (QED) is 0.0222. The Hall–Kier alpha value is -1.94. The van der Waals surface area contributed by atoms with Gasteiger partial charge in [-0.25, -0.2) is 9.13 Å². The number of phosphoric acid groups is 2. The second kappa shape index (κ2) is 69.1. The fourth-order valence-corrected chi connectivity index (χ4v) is 13.8. The number of aliphatic hydroxyl groups excluding tert-OH is 1. The van der Waals surface area contributed by atoms with Crippen LogP contribution >= 0.6 is 15.6 Å². The van der Waals surface area contributed by atoms with E-state index in [2.05, 4.69) is 55.4 Å². The fourth-order valence-electron chi connectivity index (χ4n) is 12.2. The van der Waals surface area contributed by atoms with E-state index in [1.54, 1.807) is 0 Å².